The second-order valence-corrected chi connectivity index (χ2v) is 8.46. The topological polar surface area (TPSA) is 86.7 Å². The molecule has 0 amide bonds. The summed E-state index contributed by atoms with van der Waals surface area (Å²) in [4.78, 5) is 26.9. The van der Waals surface area contributed by atoms with Crippen LogP contribution in [-0.4, -0.2) is 24.7 Å². The minimum Gasteiger partial charge on any atom is -0.338 e. The minimum absolute atomic E-state index is 0.157. The third-order valence-corrected chi connectivity index (χ3v) is 5.51. The van der Waals surface area contributed by atoms with Gasteiger partial charge in [0.25, 0.3) is 5.56 Å². The van der Waals surface area contributed by atoms with Crippen molar-refractivity contribution in [3.05, 3.63) is 70.2 Å². The first-order chi connectivity index (χ1) is 13.9. The van der Waals surface area contributed by atoms with E-state index in [1.54, 1.807) is 16.8 Å². The van der Waals surface area contributed by atoms with Crippen LogP contribution in [0.15, 0.2) is 57.1 Å². The predicted molar refractivity (Wildman–Crippen MR) is 113 cm³/mol. The van der Waals surface area contributed by atoms with Crippen molar-refractivity contribution in [1.82, 2.24) is 24.7 Å². The van der Waals surface area contributed by atoms with E-state index in [4.69, 9.17) is 9.51 Å². The molecular weight excluding hydrogens is 386 g/mol. The van der Waals surface area contributed by atoms with Gasteiger partial charge in [-0.25, -0.2) is 14.5 Å². The molecule has 1 unspecified atom stereocenters. The van der Waals surface area contributed by atoms with Gasteiger partial charge in [0.1, 0.15) is 5.82 Å². The fraction of sp³-hybridized carbons (Fsp3) is 0.286. The number of pyridine rings is 1. The second-order valence-electron chi connectivity index (χ2n) is 7.15. The Labute approximate surface area is 172 Å². The van der Waals surface area contributed by atoms with Gasteiger partial charge < -0.3 is 4.52 Å². The first kappa shape index (κ1) is 19.3. The lowest BCUT2D eigenvalue weighted by Crippen LogP contribution is -2.22. The summed E-state index contributed by atoms with van der Waals surface area (Å²) in [6.07, 6.45) is 1.74. The highest BCUT2D eigenvalue weighted by Crippen LogP contribution is 2.34. The number of fused-ring (bicyclic) bond motifs is 1. The summed E-state index contributed by atoms with van der Waals surface area (Å²) in [7, 11) is 0. The Balaban J connectivity index is 1.82. The Hall–Kier alpha value is -3.00. The van der Waals surface area contributed by atoms with Gasteiger partial charge in [0.2, 0.25) is 5.89 Å². The van der Waals surface area contributed by atoms with Crippen LogP contribution in [0.25, 0.3) is 16.7 Å². The number of thioether (sulfide) groups is 1. The van der Waals surface area contributed by atoms with E-state index in [9.17, 15) is 4.79 Å². The van der Waals surface area contributed by atoms with Crippen LogP contribution < -0.4 is 5.56 Å². The monoisotopic (exact) mass is 407 g/mol. The molecule has 0 aliphatic rings. The molecule has 4 aromatic rings. The molecule has 148 valence electrons. The van der Waals surface area contributed by atoms with Crippen molar-refractivity contribution >= 4 is 22.7 Å². The Morgan fingerprint density at radius 1 is 1.07 bits per heavy atom. The van der Waals surface area contributed by atoms with E-state index in [1.165, 1.54) is 11.8 Å². The number of rotatable bonds is 5. The number of nitrogens with zero attached hydrogens (tertiary/aromatic N) is 5. The zero-order chi connectivity index (χ0) is 20.5. The molecule has 0 bridgehead atoms. The van der Waals surface area contributed by atoms with Gasteiger partial charge in [0, 0.05) is 12.1 Å². The van der Waals surface area contributed by atoms with Gasteiger partial charge >= 0.3 is 0 Å². The quantitative estimate of drug-likeness (QED) is 0.357. The van der Waals surface area contributed by atoms with Crippen molar-refractivity contribution in [2.45, 2.75) is 44.0 Å². The average molecular weight is 407 g/mol. The average Bonchev–Trinajstić information content (AvgIpc) is 3.20. The van der Waals surface area contributed by atoms with E-state index in [2.05, 4.69) is 15.1 Å². The molecule has 3 heterocycles. The minimum atomic E-state index is -0.181. The first-order valence-corrected chi connectivity index (χ1v) is 10.3. The zero-order valence-electron chi connectivity index (χ0n) is 16.7. The molecule has 1 atom stereocenters. The highest BCUT2D eigenvalue weighted by molar-refractivity contribution is 7.99. The Bertz CT molecular complexity index is 1210. The highest BCUT2D eigenvalue weighted by Gasteiger charge is 2.21. The largest absolute Gasteiger partial charge is 0.338 e. The SMILES string of the molecule is Cc1ccc(-n2c(SC(C)c3nc(C(C)C)no3)nc3ccccc3c2=O)nc1. The lowest BCUT2D eigenvalue weighted by Gasteiger charge is -2.14. The van der Waals surface area contributed by atoms with E-state index in [0.29, 0.717) is 33.6 Å². The summed E-state index contributed by atoms with van der Waals surface area (Å²) in [6.45, 7) is 7.93. The first-order valence-electron chi connectivity index (χ1n) is 9.39. The molecule has 1 aromatic carbocycles. The molecule has 0 saturated carbocycles. The number of aromatic nitrogens is 5. The van der Waals surface area contributed by atoms with Crippen LogP contribution in [0.4, 0.5) is 0 Å². The molecule has 3 aromatic heterocycles. The Kier molecular flexibility index (Phi) is 5.19. The fourth-order valence-corrected chi connectivity index (χ4v) is 3.79. The van der Waals surface area contributed by atoms with Gasteiger partial charge in [-0.1, -0.05) is 49.0 Å². The second kappa shape index (κ2) is 7.79. The lowest BCUT2D eigenvalue weighted by atomic mass is 10.2. The third kappa shape index (κ3) is 3.80. The fourth-order valence-electron chi connectivity index (χ4n) is 2.84. The van der Waals surface area contributed by atoms with Gasteiger partial charge in [0.15, 0.2) is 11.0 Å². The van der Waals surface area contributed by atoms with Crippen LogP contribution in [0.2, 0.25) is 0 Å². The van der Waals surface area contributed by atoms with Gasteiger partial charge in [-0.2, -0.15) is 4.98 Å². The van der Waals surface area contributed by atoms with Crippen LogP contribution in [0.3, 0.4) is 0 Å². The molecule has 0 aliphatic heterocycles. The molecule has 29 heavy (non-hydrogen) atoms. The number of benzene rings is 1. The van der Waals surface area contributed by atoms with Crippen molar-refractivity contribution in [2.75, 3.05) is 0 Å². The van der Waals surface area contributed by atoms with E-state index < -0.39 is 0 Å². The standard InChI is InChI=1S/C21H21N5O2S/c1-12(2)18-24-19(28-25-18)14(4)29-21-23-16-8-6-5-7-15(16)20(27)26(21)17-10-9-13(3)11-22-17/h5-12,14H,1-4H3. The molecule has 4 rings (SSSR count). The zero-order valence-corrected chi connectivity index (χ0v) is 17.5. The van der Waals surface area contributed by atoms with Crippen molar-refractivity contribution in [3.8, 4) is 5.82 Å². The lowest BCUT2D eigenvalue weighted by molar-refractivity contribution is 0.373. The van der Waals surface area contributed by atoms with Crippen LogP contribution in [0.5, 0.6) is 0 Å². The summed E-state index contributed by atoms with van der Waals surface area (Å²) in [5.74, 6) is 1.88. The van der Waals surface area contributed by atoms with Gasteiger partial charge in [-0.05, 0) is 37.6 Å². The molecular formula is C21H21N5O2S. The van der Waals surface area contributed by atoms with Gasteiger partial charge in [-0.15, -0.1) is 0 Å². The van der Waals surface area contributed by atoms with E-state index >= 15 is 0 Å². The number of hydrogen-bond acceptors (Lipinski definition) is 7. The van der Waals surface area contributed by atoms with Crippen LogP contribution >= 0.6 is 11.8 Å². The molecule has 0 aliphatic carbocycles. The van der Waals surface area contributed by atoms with E-state index in [-0.39, 0.29) is 16.7 Å². The summed E-state index contributed by atoms with van der Waals surface area (Å²) in [5.41, 5.74) is 1.50. The molecule has 0 saturated heterocycles. The molecule has 0 N–H and O–H groups in total. The number of para-hydroxylation sites is 1. The van der Waals surface area contributed by atoms with Crippen LogP contribution in [0, 0.1) is 6.92 Å². The van der Waals surface area contributed by atoms with Crippen molar-refractivity contribution in [3.63, 3.8) is 0 Å². The molecule has 0 spiro atoms. The van der Waals surface area contributed by atoms with Crippen molar-refractivity contribution in [1.29, 1.82) is 0 Å². The van der Waals surface area contributed by atoms with Gasteiger partial charge in [-0.3, -0.25) is 4.79 Å². The van der Waals surface area contributed by atoms with Crippen molar-refractivity contribution < 1.29 is 4.52 Å². The smallest absolute Gasteiger partial charge is 0.267 e. The number of hydrogen-bond donors (Lipinski definition) is 0. The van der Waals surface area contributed by atoms with E-state index in [0.717, 1.165) is 5.56 Å². The molecule has 0 fully saturated rings. The van der Waals surface area contributed by atoms with Gasteiger partial charge in [0.05, 0.1) is 16.2 Å². The van der Waals surface area contributed by atoms with Crippen LogP contribution in [0.1, 0.15) is 49.2 Å². The summed E-state index contributed by atoms with van der Waals surface area (Å²) < 4.78 is 6.97. The summed E-state index contributed by atoms with van der Waals surface area (Å²) >= 11 is 1.39. The van der Waals surface area contributed by atoms with Crippen molar-refractivity contribution in [2.24, 2.45) is 0 Å². The third-order valence-electron chi connectivity index (χ3n) is 4.47. The maximum absolute atomic E-state index is 13.3. The summed E-state index contributed by atoms with van der Waals surface area (Å²) in [6, 6.07) is 11.1. The molecule has 0 radical (unpaired) electrons. The van der Waals surface area contributed by atoms with E-state index in [1.807, 2.05) is 58.0 Å². The molecule has 7 nitrogen and oxygen atoms in total. The maximum atomic E-state index is 13.3. The number of aryl methyl sites for hydroxylation is 1. The predicted octanol–water partition coefficient (Wildman–Crippen LogP) is 4.45. The summed E-state index contributed by atoms with van der Waals surface area (Å²) in [5, 5.41) is 4.93. The highest BCUT2D eigenvalue weighted by atomic mass is 32.2. The normalized spacial score (nSPS) is 12.6. The molecule has 8 heteroatoms. The Morgan fingerprint density at radius 2 is 1.86 bits per heavy atom. The maximum Gasteiger partial charge on any atom is 0.267 e. The Morgan fingerprint density at radius 3 is 2.55 bits per heavy atom. The van der Waals surface area contributed by atoms with Crippen LogP contribution in [-0.2, 0) is 0 Å².